The molecule has 1 amide bonds. The third-order valence-electron chi connectivity index (χ3n) is 3.17. The summed E-state index contributed by atoms with van der Waals surface area (Å²) in [5, 5.41) is 6.17. The van der Waals surface area contributed by atoms with E-state index in [-0.39, 0.29) is 5.91 Å². The fourth-order valence-corrected chi connectivity index (χ4v) is 2.10. The lowest BCUT2D eigenvalue weighted by Gasteiger charge is -2.16. The summed E-state index contributed by atoms with van der Waals surface area (Å²) < 4.78 is 0. The van der Waals surface area contributed by atoms with Crippen LogP contribution in [0.1, 0.15) is 25.3 Å². The van der Waals surface area contributed by atoms with E-state index in [4.69, 9.17) is 0 Å². The van der Waals surface area contributed by atoms with Gasteiger partial charge in [-0.25, -0.2) is 4.98 Å². The summed E-state index contributed by atoms with van der Waals surface area (Å²) in [5.41, 5.74) is 0.941. The topological polar surface area (TPSA) is 70.2 Å². The van der Waals surface area contributed by atoms with E-state index < -0.39 is 0 Å². The number of hydrogen-bond donors (Lipinski definition) is 2. The zero-order valence-corrected chi connectivity index (χ0v) is 11.6. The largest absolute Gasteiger partial charge is 0.361 e. The average molecular weight is 263 g/mol. The molecule has 0 saturated carbocycles. The van der Waals surface area contributed by atoms with E-state index >= 15 is 0 Å². The second kappa shape index (κ2) is 6.36. The maximum atomic E-state index is 11.9. The van der Waals surface area contributed by atoms with Crippen molar-refractivity contribution < 1.29 is 4.79 Å². The zero-order valence-electron chi connectivity index (χ0n) is 11.6. The summed E-state index contributed by atoms with van der Waals surface area (Å²) in [6, 6.07) is 0. The van der Waals surface area contributed by atoms with Crippen molar-refractivity contribution >= 4 is 17.7 Å². The van der Waals surface area contributed by atoms with Gasteiger partial charge in [0, 0.05) is 31.4 Å². The molecule has 1 aromatic heterocycles. The normalized spacial score (nSPS) is 14.5. The molecule has 0 aromatic carbocycles. The van der Waals surface area contributed by atoms with Crippen molar-refractivity contribution in [3.8, 4) is 0 Å². The van der Waals surface area contributed by atoms with Gasteiger partial charge in [0.2, 0.25) is 11.9 Å². The van der Waals surface area contributed by atoms with Crippen LogP contribution in [0, 0.1) is 6.92 Å². The van der Waals surface area contributed by atoms with Crippen molar-refractivity contribution in [2.75, 3.05) is 36.8 Å². The average Bonchev–Trinajstić information content (AvgIpc) is 2.93. The number of amides is 1. The summed E-state index contributed by atoms with van der Waals surface area (Å²) >= 11 is 0. The minimum atomic E-state index is 0.139. The monoisotopic (exact) mass is 263 g/mol. The summed E-state index contributed by atoms with van der Waals surface area (Å²) in [5.74, 6) is 1.45. The Morgan fingerprint density at radius 3 is 2.79 bits per heavy atom. The highest BCUT2D eigenvalue weighted by Crippen LogP contribution is 2.13. The Morgan fingerprint density at radius 1 is 1.37 bits per heavy atom. The van der Waals surface area contributed by atoms with Crippen LogP contribution in [0.2, 0.25) is 0 Å². The molecule has 1 aromatic rings. The van der Waals surface area contributed by atoms with Crippen LogP contribution in [0.4, 0.5) is 11.8 Å². The van der Waals surface area contributed by atoms with Gasteiger partial charge < -0.3 is 15.5 Å². The van der Waals surface area contributed by atoms with Crippen LogP contribution in [-0.2, 0) is 4.79 Å². The van der Waals surface area contributed by atoms with Crippen LogP contribution in [0.5, 0.6) is 0 Å². The molecule has 0 unspecified atom stereocenters. The van der Waals surface area contributed by atoms with E-state index in [9.17, 15) is 4.79 Å². The van der Waals surface area contributed by atoms with E-state index in [2.05, 4.69) is 20.6 Å². The summed E-state index contributed by atoms with van der Waals surface area (Å²) in [7, 11) is 0. The van der Waals surface area contributed by atoms with Crippen molar-refractivity contribution in [2.24, 2.45) is 0 Å². The molecule has 0 aliphatic carbocycles. The summed E-state index contributed by atoms with van der Waals surface area (Å²) in [6.45, 7) is 6.75. The smallest absolute Gasteiger partial charge is 0.241 e. The number of carbonyl (C=O) groups is 1. The SMILES string of the molecule is CCNc1ncc(C)c(NCC(=O)N2CCCC2)n1. The van der Waals surface area contributed by atoms with Crippen LogP contribution in [0.25, 0.3) is 0 Å². The quantitative estimate of drug-likeness (QED) is 0.836. The molecule has 2 N–H and O–H groups in total. The Kier molecular flexibility index (Phi) is 4.54. The first kappa shape index (κ1) is 13.6. The number of carbonyl (C=O) groups excluding carboxylic acids is 1. The molecule has 1 aliphatic rings. The number of likely N-dealkylation sites (tertiary alicyclic amines) is 1. The predicted octanol–water partition coefficient (Wildman–Crippen LogP) is 1.25. The number of aromatic nitrogens is 2. The van der Waals surface area contributed by atoms with Crippen LogP contribution in [0.3, 0.4) is 0 Å². The highest BCUT2D eigenvalue weighted by atomic mass is 16.2. The first-order valence-corrected chi connectivity index (χ1v) is 6.80. The highest BCUT2D eigenvalue weighted by molar-refractivity contribution is 5.81. The van der Waals surface area contributed by atoms with Gasteiger partial charge >= 0.3 is 0 Å². The lowest BCUT2D eigenvalue weighted by atomic mass is 10.3. The maximum Gasteiger partial charge on any atom is 0.241 e. The van der Waals surface area contributed by atoms with E-state index in [0.717, 1.165) is 43.9 Å². The standard InChI is InChI=1S/C13H21N5O/c1-3-14-13-16-8-10(2)12(17-13)15-9-11(19)18-6-4-5-7-18/h8H,3-7,9H2,1-2H3,(H2,14,15,16,17). The molecule has 104 valence electrons. The molecular formula is C13H21N5O. The second-order valence-corrected chi connectivity index (χ2v) is 4.70. The first-order chi connectivity index (χ1) is 9.20. The van der Waals surface area contributed by atoms with Gasteiger partial charge in [-0.1, -0.05) is 0 Å². The highest BCUT2D eigenvalue weighted by Gasteiger charge is 2.17. The van der Waals surface area contributed by atoms with Crippen molar-refractivity contribution in [2.45, 2.75) is 26.7 Å². The maximum absolute atomic E-state index is 11.9. The van der Waals surface area contributed by atoms with Crippen molar-refractivity contribution in [1.82, 2.24) is 14.9 Å². The van der Waals surface area contributed by atoms with E-state index in [1.165, 1.54) is 0 Å². The molecule has 0 atom stereocenters. The molecule has 0 bridgehead atoms. The predicted molar refractivity (Wildman–Crippen MR) is 75.2 cm³/mol. The Balaban J connectivity index is 1.94. The fraction of sp³-hybridized carbons (Fsp3) is 0.615. The molecule has 1 aliphatic heterocycles. The molecular weight excluding hydrogens is 242 g/mol. The molecule has 0 radical (unpaired) electrons. The molecule has 1 saturated heterocycles. The van der Waals surface area contributed by atoms with E-state index in [0.29, 0.717) is 12.5 Å². The number of nitrogens with one attached hydrogen (secondary N) is 2. The van der Waals surface area contributed by atoms with Gasteiger partial charge in [-0.2, -0.15) is 4.98 Å². The molecule has 6 heteroatoms. The van der Waals surface area contributed by atoms with Crippen LogP contribution in [0.15, 0.2) is 6.20 Å². The van der Waals surface area contributed by atoms with Crippen molar-refractivity contribution in [1.29, 1.82) is 0 Å². The van der Waals surface area contributed by atoms with Gasteiger partial charge in [0.25, 0.3) is 0 Å². The van der Waals surface area contributed by atoms with E-state index in [1.807, 2.05) is 18.7 Å². The number of hydrogen-bond acceptors (Lipinski definition) is 5. The molecule has 2 rings (SSSR count). The fourth-order valence-electron chi connectivity index (χ4n) is 2.10. The van der Waals surface area contributed by atoms with Gasteiger partial charge in [-0.15, -0.1) is 0 Å². The Labute approximate surface area is 113 Å². The van der Waals surface area contributed by atoms with Crippen molar-refractivity contribution in [3.63, 3.8) is 0 Å². The zero-order chi connectivity index (χ0) is 13.7. The van der Waals surface area contributed by atoms with Gasteiger partial charge in [-0.05, 0) is 26.7 Å². The first-order valence-electron chi connectivity index (χ1n) is 6.80. The summed E-state index contributed by atoms with van der Waals surface area (Å²) in [6.07, 6.45) is 3.99. The number of anilines is 2. The van der Waals surface area contributed by atoms with Crippen LogP contribution < -0.4 is 10.6 Å². The van der Waals surface area contributed by atoms with Gasteiger partial charge in [-0.3, -0.25) is 4.79 Å². The number of rotatable bonds is 5. The van der Waals surface area contributed by atoms with Gasteiger partial charge in [0.05, 0.1) is 6.54 Å². The molecule has 19 heavy (non-hydrogen) atoms. The molecule has 6 nitrogen and oxygen atoms in total. The molecule has 2 heterocycles. The minimum Gasteiger partial charge on any atom is -0.361 e. The lowest BCUT2D eigenvalue weighted by Crippen LogP contribution is -2.33. The third kappa shape index (κ3) is 3.56. The van der Waals surface area contributed by atoms with Gasteiger partial charge in [0.15, 0.2) is 0 Å². The Morgan fingerprint density at radius 2 is 2.11 bits per heavy atom. The Hall–Kier alpha value is -1.85. The van der Waals surface area contributed by atoms with Crippen LogP contribution >= 0.6 is 0 Å². The van der Waals surface area contributed by atoms with Crippen LogP contribution in [-0.4, -0.2) is 47.0 Å². The third-order valence-corrected chi connectivity index (χ3v) is 3.17. The minimum absolute atomic E-state index is 0.139. The second-order valence-electron chi connectivity index (χ2n) is 4.70. The number of nitrogens with zero attached hydrogens (tertiary/aromatic N) is 3. The summed E-state index contributed by atoms with van der Waals surface area (Å²) in [4.78, 5) is 22.4. The van der Waals surface area contributed by atoms with Crippen molar-refractivity contribution in [3.05, 3.63) is 11.8 Å². The lowest BCUT2D eigenvalue weighted by molar-refractivity contribution is -0.128. The number of aryl methyl sites for hydroxylation is 1. The Bertz CT molecular complexity index is 443. The molecule has 0 spiro atoms. The van der Waals surface area contributed by atoms with E-state index in [1.54, 1.807) is 6.20 Å². The van der Waals surface area contributed by atoms with Gasteiger partial charge in [0.1, 0.15) is 5.82 Å². The molecule has 1 fully saturated rings.